The van der Waals surface area contributed by atoms with Gasteiger partial charge in [-0.25, -0.2) is 0 Å². The van der Waals surface area contributed by atoms with E-state index in [1.54, 1.807) is 31.6 Å². The molecule has 1 aromatic heterocycles. The summed E-state index contributed by atoms with van der Waals surface area (Å²) in [6, 6.07) is 3.49. The standard InChI is InChI=1S/C22H31N3O3/c1-21(2)13-22(15-28-3)14-25(12-18(21)22)20(27)17-6-10-24(11-7-17)19(26)16-4-8-23-9-5-16/h4-5,8-9,17-18H,6-7,10-15H2,1-3H3/t18-,22-/m1/s1. The zero-order valence-electron chi connectivity index (χ0n) is 17.2. The first kappa shape index (κ1) is 19.4. The number of piperidine rings is 1. The van der Waals surface area contributed by atoms with Gasteiger partial charge >= 0.3 is 0 Å². The summed E-state index contributed by atoms with van der Waals surface area (Å²) >= 11 is 0. The predicted molar refractivity (Wildman–Crippen MR) is 106 cm³/mol. The maximum Gasteiger partial charge on any atom is 0.253 e. The highest BCUT2D eigenvalue weighted by molar-refractivity contribution is 5.94. The molecule has 2 saturated heterocycles. The SMILES string of the molecule is COC[C@@]12CN(C(=O)C3CCN(C(=O)c4ccncc4)CC3)C[C@@H]1C(C)(C)C2. The molecular formula is C22H31N3O3. The van der Waals surface area contributed by atoms with Crippen molar-refractivity contribution in [2.24, 2.45) is 22.7 Å². The zero-order valence-corrected chi connectivity index (χ0v) is 17.2. The second kappa shape index (κ2) is 7.14. The van der Waals surface area contributed by atoms with E-state index < -0.39 is 0 Å². The zero-order chi connectivity index (χ0) is 19.9. The average molecular weight is 386 g/mol. The lowest BCUT2D eigenvalue weighted by atomic mass is 9.48. The van der Waals surface area contributed by atoms with Crippen molar-refractivity contribution < 1.29 is 14.3 Å². The van der Waals surface area contributed by atoms with Crippen LogP contribution in [0.25, 0.3) is 0 Å². The average Bonchev–Trinajstić information content (AvgIpc) is 3.02. The summed E-state index contributed by atoms with van der Waals surface area (Å²) in [5, 5.41) is 0. The smallest absolute Gasteiger partial charge is 0.253 e. The van der Waals surface area contributed by atoms with E-state index in [0.29, 0.717) is 24.6 Å². The molecule has 2 amide bonds. The van der Waals surface area contributed by atoms with Crippen LogP contribution in [0.15, 0.2) is 24.5 Å². The van der Waals surface area contributed by atoms with Gasteiger partial charge in [0.1, 0.15) is 0 Å². The molecule has 0 unspecified atom stereocenters. The summed E-state index contributed by atoms with van der Waals surface area (Å²) in [4.78, 5) is 33.7. The Kier molecular flexibility index (Phi) is 4.94. The van der Waals surface area contributed by atoms with Gasteiger partial charge in [-0.3, -0.25) is 14.6 Å². The van der Waals surface area contributed by atoms with Crippen LogP contribution in [0.3, 0.4) is 0 Å². The maximum absolute atomic E-state index is 13.2. The molecule has 3 aliphatic rings. The summed E-state index contributed by atoms with van der Waals surface area (Å²) < 4.78 is 5.51. The van der Waals surface area contributed by atoms with Gasteiger partial charge in [-0.1, -0.05) is 13.8 Å². The van der Waals surface area contributed by atoms with Gasteiger partial charge in [0, 0.05) is 62.6 Å². The fraction of sp³-hybridized carbons (Fsp3) is 0.682. The highest BCUT2D eigenvalue weighted by Crippen LogP contribution is 2.62. The Hall–Kier alpha value is -1.95. The topological polar surface area (TPSA) is 62.7 Å². The van der Waals surface area contributed by atoms with Crippen molar-refractivity contribution in [1.29, 1.82) is 0 Å². The van der Waals surface area contributed by atoms with Crippen molar-refractivity contribution in [2.45, 2.75) is 33.1 Å². The van der Waals surface area contributed by atoms with Crippen LogP contribution < -0.4 is 0 Å². The molecule has 6 heteroatoms. The van der Waals surface area contributed by atoms with Crippen molar-refractivity contribution in [3.05, 3.63) is 30.1 Å². The van der Waals surface area contributed by atoms with Gasteiger partial charge < -0.3 is 14.5 Å². The number of fused-ring (bicyclic) bond motifs is 1. The van der Waals surface area contributed by atoms with Crippen LogP contribution in [0, 0.1) is 22.7 Å². The molecule has 1 saturated carbocycles. The first-order valence-corrected chi connectivity index (χ1v) is 10.3. The van der Waals surface area contributed by atoms with Crippen molar-refractivity contribution in [3.8, 4) is 0 Å². The minimum absolute atomic E-state index is 0.0293. The van der Waals surface area contributed by atoms with Crippen LogP contribution in [-0.2, 0) is 9.53 Å². The highest BCUT2D eigenvalue weighted by atomic mass is 16.5. The Labute approximate surface area is 167 Å². The molecular weight excluding hydrogens is 354 g/mol. The first-order valence-electron chi connectivity index (χ1n) is 10.3. The third-order valence-electron chi connectivity index (χ3n) is 7.20. The molecule has 1 aromatic rings. The molecule has 2 atom stereocenters. The van der Waals surface area contributed by atoms with Gasteiger partial charge in [0.25, 0.3) is 5.91 Å². The molecule has 0 spiro atoms. The van der Waals surface area contributed by atoms with E-state index in [1.807, 2.05) is 4.90 Å². The largest absolute Gasteiger partial charge is 0.384 e. The number of likely N-dealkylation sites (tertiary alicyclic amines) is 2. The summed E-state index contributed by atoms with van der Waals surface area (Å²) in [5.41, 5.74) is 1.10. The number of carbonyl (C=O) groups is 2. The lowest BCUT2D eigenvalue weighted by Gasteiger charge is -2.56. The summed E-state index contributed by atoms with van der Waals surface area (Å²) in [6.07, 6.45) is 5.90. The van der Waals surface area contributed by atoms with Crippen LogP contribution in [-0.4, -0.2) is 66.5 Å². The number of pyridine rings is 1. The van der Waals surface area contributed by atoms with Crippen LogP contribution in [0.4, 0.5) is 0 Å². The molecule has 0 aromatic carbocycles. The summed E-state index contributed by atoms with van der Waals surface area (Å²) in [5.74, 6) is 0.865. The van der Waals surface area contributed by atoms with Crippen molar-refractivity contribution >= 4 is 11.8 Å². The number of hydrogen-bond donors (Lipinski definition) is 0. The van der Waals surface area contributed by atoms with Gasteiger partial charge in [0.05, 0.1) is 6.61 Å². The van der Waals surface area contributed by atoms with Crippen LogP contribution in [0.1, 0.15) is 43.5 Å². The lowest BCUT2D eigenvalue weighted by molar-refractivity contribution is -0.136. The molecule has 0 N–H and O–H groups in total. The molecule has 4 rings (SSSR count). The lowest BCUT2D eigenvalue weighted by Crippen LogP contribution is -2.55. The number of nitrogens with zero attached hydrogens (tertiary/aromatic N) is 3. The normalized spacial score (nSPS) is 29.3. The number of ether oxygens (including phenoxy) is 1. The number of hydrogen-bond acceptors (Lipinski definition) is 4. The quantitative estimate of drug-likeness (QED) is 0.799. The van der Waals surface area contributed by atoms with Gasteiger partial charge in [0.15, 0.2) is 0 Å². The van der Waals surface area contributed by atoms with Crippen molar-refractivity contribution in [2.75, 3.05) is 39.9 Å². The molecule has 28 heavy (non-hydrogen) atoms. The third kappa shape index (κ3) is 3.21. The molecule has 0 radical (unpaired) electrons. The number of methoxy groups -OCH3 is 1. The monoisotopic (exact) mass is 385 g/mol. The van der Waals surface area contributed by atoms with Crippen LogP contribution in [0.5, 0.6) is 0 Å². The number of rotatable bonds is 4. The molecule has 6 nitrogen and oxygen atoms in total. The fourth-order valence-electron chi connectivity index (χ4n) is 6.04. The maximum atomic E-state index is 13.2. The Morgan fingerprint density at radius 1 is 1.18 bits per heavy atom. The van der Waals surface area contributed by atoms with E-state index in [-0.39, 0.29) is 28.6 Å². The Morgan fingerprint density at radius 2 is 1.86 bits per heavy atom. The molecule has 2 aliphatic heterocycles. The predicted octanol–water partition coefficient (Wildman–Crippen LogP) is 2.45. The van der Waals surface area contributed by atoms with Gasteiger partial charge in [0.2, 0.25) is 5.91 Å². The van der Waals surface area contributed by atoms with Gasteiger partial charge in [-0.05, 0) is 42.7 Å². The van der Waals surface area contributed by atoms with Crippen molar-refractivity contribution in [3.63, 3.8) is 0 Å². The van der Waals surface area contributed by atoms with E-state index in [2.05, 4.69) is 23.7 Å². The molecule has 0 bridgehead atoms. The third-order valence-corrected chi connectivity index (χ3v) is 7.20. The van der Waals surface area contributed by atoms with Gasteiger partial charge in [-0.2, -0.15) is 0 Å². The van der Waals surface area contributed by atoms with E-state index in [9.17, 15) is 9.59 Å². The Balaban J connectivity index is 1.35. The van der Waals surface area contributed by atoms with Gasteiger partial charge in [-0.15, -0.1) is 0 Å². The van der Waals surface area contributed by atoms with Crippen LogP contribution in [0.2, 0.25) is 0 Å². The Bertz CT molecular complexity index is 743. The summed E-state index contributed by atoms with van der Waals surface area (Å²) in [7, 11) is 1.76. The molecule has 3 fully saturated rings. The first-order chi connectivity index (χ1) is 13.4. The van der Waals surface area contributed by atoms with E-state index in [4.69, 9.17) is 4.74 Å². The minimum atomic E-state index is 0.0293. The number of carbonyl (C=O) groups excluding carboxylic acids is 2. The summed E-state index contributed by atoms with van der Waals surface area (Å²) in [6.45, 7) is 8.32. The minimum Gasteiger partial charge on any atom is -0.384 e. The second-order valence-electron chi connectivity index (χ2n) is 9.53. The van der Waals surface area contributed by atoms with Crippen molar-refractivity contribution in [1.82, 2.24) is 14.8 Å². The van der Waals surface area contributed by atoms with Crippen LogP contribution >= 0.6 is 0 Å². The number of aromatic nitrogens is 1. The Morgan fingerprint density at radius 3 is 2.46 bits per heavy atom. The van der Waals surface area contributed by atoms with E-state index in [1.165, 1.54) is 0 Å². The highest BCUT2D eigenvalue weighted by Gasteiger charge is 2.63. The molecule has 1 aliphatic carbocycles. The van der Waals surface area contributed by atoms with E-state index in [0.717, 1.165) is 39.0 Å². The number of amides is 2. The second-order valence-corrected chi connectivity index (χ2v) is 9.53. The molecule has 3 heterocycles. The van der Waals surface area contributed by atoms with E-state index >= 15 is 0 Å². The molecule has 152 valence electrons. The fourth-order valence-corrected chi connectivity index (χ4v) is 6.04.